The number of hydrogen-bond donors (Lipinski definition) is 1. The molecule has 0 amide bonds. The van der Waals surface area contributed by atoms with Gasteiger partial charge in [-0.2, -0.15) is 0 Å². The van der Waals surface area contributed by atoms with Crippen LogP contribution >= 0.6 is 0 Å². The van der Waals surface area contributed by atoms with Gasteiger partial charge >= 0.3 is 0 Å². The van der Waals surface area contributed by atoms with Crippen LogP contribution in [0.5, 0.6) is 0 Å². The molecule has 3 rings (SSSR count). The van der Waals surface area contributed by atoms with Crippen molar-refractivity contribution in [1.29, 1.82) is 0 Å². The molecule has 0 heterocycles. The van der Waals surface area contributed by atoms with Crippen molar-refractivity contribution in [3.63, 3.8) is 0 Å². The molecule has 3 saturated carbocycles. The molecular weight excluding hydrogens is 376 g/mol. The van der Waals surface area contributed by atoms with Gasteiger partial charge in [0.05, 0.1) is 6.10 Å². The molecule has 3 fully saturated rings. The van der Waals surface area contributed by atoms with Crippen LogP contribution < -0.4 is 0 Å². The third-order valence-electron chi connectivity index (χ3n) is 10.8. The van der Waals surface area contributed by atoms with Gasteiger partial charge in [0.15, 0.2) is 0 Å². The molecule has 0 aromatic rings. The fraction of sp³-hybridized carbons (Fsp3) is 0.933. The maximum Gasteiger partial charge on any atom is 0.0571 e. The summed E-state index contributed by atoms with van der Waals surface area (Å²) < 4.78 is 0. The van der Waals surface area contributed by atoms with Crippen molar-refractivity contribution in [2.75, 3.05) is 0 Å². The minimum absolute atomic E-state index is 0.109. The number of aliphatic hydroxyl groups is 1. The van der Waals surface area contributed by atoms with Crippen molar-refractivity contribution in [3.05, 3.63) is 12.7 Å². The van der Waals surface area contributed by atoms with Crippen LogP contribution in [0.25, 0.3) is 0 Å². The van der Waals surface area contributed by atoms with E-state index in [1.54, 1.807) is 0 Å². The van der Waals surface area contributed by atoms with Crippen molar-refractivity contribution in [2.24, 2.45) is 52.3 Å². The molecule has 0 aromatic carbocycles. The number of hydrogen-bond acceptors (Lipinski definition) is 1. The summed E-state index contributed by atoms with van der Waals surface area (Å²) in [7, 11) is 0. The Morgan fingerprint density at radius 3 is 2.39 bits per heavy atom. The second-order valence-electron chi connectivity index (χ2n) is 13.1. The van der Waals surface area contributed by atoms with E-state index < -0.39 is 0 Å². The first-order chi connectivity index (χ1) is 14.7. The molecule has 1 nitrogen and oxygen atoms in total. The van der Waals surface area contributed by atoms with Crippen LogP contribution in [-0.2, 0) is 0 Å². The zero-order valence-corrected chi connectivity index (χ0v) is 21.8. The summed E-state index contributed by atoms with van der Waals surface area (Å²) in [5.41, 5.74) is 0.982. The quantitative estimate of drug-likeness (QED) is 0.363. The van der Waals surface area contributed by atoms with E-state index in [0.29, 0.717) is 16.7 Å². The number of rotatable bonds is 9. The molecule has 0 bridgehead atoms. The highest BCUT2D eigenvalue weighted by molar-refractivity contribution is 5.07. The molecule has 9 atom stereocenters. The maximum atomic E-state index is 10.6. The largest absolute Gasteiger partial charge is 0.393 e. The highest BCUT2D eigenvalue weighted by Gasteiger charge is 2.57. The molecule has 0 saturated heterocycles. The Labute approximate surface area is 194 Å². The van der Waals surface area contributed by atoms with E-state index in [9.17, 15) is 5.11 Å². The van der Waals surface area contributed by atoms with Crippen LogP contribution in [0, 0.1) is 52.3 Å². The average molecular weight is 431 g/mol. The highest BCUT2D eigenvalue weighted by atomic mass is 16.3. The molecular formula is C30H54O. The van der Waals surface area contributed by atoms with Crippen LogP contribution in [-0.4, -0.2) is 11.2 Å². The third-order valence-corrected chi connectivity index (χ3v) is 10.8. The first kappa shape index (κ1) is 25.3. The van der Waals surface area contributed by atoms with Gasteiger partial charge in [-0.15, -0.1) is 6.58 Å². The summed E-state index contributed by atoms with van der Waals surface area (Å²) in [6, 6.07) is 0. The van der Waals surface area contributed by atoms with Gasteiger partial charge in [0, 0.05) is 0 Å². The Morgan fingerprint density at radius 2 is 1.74 bits per heavy atom. The standard InChI is InChI=1S/C30H54O/c1-8-11-23-20-29(6,18-17-28(23)31)26-16-19-30(7)25(14-15-27(30)24(26)9-2)22(5)13-10-12-21(3)4/h8,21-28,31H,1,9-20H2,2-7H3/t22-,23-,24-,25-,26+,27+,28-,29+,30-/m1/s1. The Kier molecular flexibility index (Phi) is 8.43. The predicted molar refractivity (Wildman–Crippen MR) is 135 cm³/mol. The zero-order valence-electron chi connectivity index (χ0n) is 21.8. The summed E-state index contributed by atoms with van der Waals surface area (Å²) in [5, 5.41) is 10.6. The Balaban J connectivity index is 1.72. The first-order valence-corrected chi connectivity index (χ1v) is 13.9. The highest BCUT2D eigenvalue weighted by Crippen LogP contribution is 2.65. The topological polar surface area (TPSA) is 20.2 Å². The van der Waals surface area contributed by atoms with Crippen molar-refractivity contribution in [1.82, 2.24) is 0 Å². The number of fused-ring (bicyclic) bond motifs is 1. The van der Waals surface area contributed by atoms with Gasteiger partial charge in [0.2, 0.25) is 0 Å². The van der Waals surface area contributed by atoms with Crippen LogP contribution in [0.1, 0.15) is 119 Å². The molecule has 3 aliphatic carbocycles. The summed E-state index contributed by atoms with van der Waals surface area (Å²) >= 11 is 0. The third kappa shape index (κ3) is 5.12. The summed E-state index contributed by atoms with van der Waals surface area (Å²) in [4.78, 5) is 0. The Hall–Kier alpha value is -0.300. The lowest BCUT2D eigenvalue weighted by molar-refractivity contribution is -0.0858. The van der Waals surface area contributed by atoms with Gasteiger partial charge in [-0.25, -0.2) is 0 Å². The van der Waals surface area contributed by atoms with E-state index in [2.05, 4.69) is 48.1 Å². The number of aliphatic hydroxyl groups excluding tert-OH is 1. The minimum atomic E-state index is -0.109. The SMILES string of the molecule is C=CC[C@@H]1C[C@@](C)([C@H]2CC[C@]3(C)[C@@H]([C@H](C)CCCC(C)C)CC[C@H]3[C@@H]2CC)CC[C@H]1O. The maximum absolute atomic E-state index is 10.6. The normalized spacial score (nSPS) is 44.3. The van der Waals surface area contributed by atoms with Crippen molar-refractivity contribution in [3.8, 4) is 0 Å². The smallest absolute Gasteiger partial charge is 0.0571 e. The molecule has 3 aliphatic rings. The molecule has 0 aliphatic heterocycles. The molecule has 1 heteroatoms. The van der Waals surface area contributed by atoms with Crippen LogP contribution in [0.3, 0.4) is 0 Å². The molecule has 1 N–H and O–H groups in total. The lowest BCUT2D eigenvalue weighted by Gasteiger charge is -2.56. The van der Waals surface area contributed by atoms with E-state index in [1.165, 1.54) is 64.2 Å². The van der Waals surface area contributed by atoms with Gasteiger partial charge in [-0.05, 0) is 104 Å². The molecule has 0 aromatic heterocycles. The van der Waals surface area contributed by atoms with E-state index in [0.717, 1.165) is 48.3 Å². The summed E-state index contributed by atoms with van der Waals surface area (Å²) in [6.45, 7) is 19.1. The van der Waals surface area contributed by atoms with Crippen molar-refractivity contribution in [2.45, 2.75) is 125 Å². The Bertz CT molecular complexity index is 581. The van der Waals surface area contributed by atoms with Crippen LogP contribution in [0.15, 0.2) is 12.7 Å². The monoisotopic (exact) mass is 430 g/mol. The molecule has 0 spiro atoms. The van der Waals surface area contributed by atoms with Gasteiger partial charge in [-0.1, -0.05) is 73.3 Å². The molecule has 0 unspecified atom stereocenters. The summed E-state index contributed by atoms with van der Waals surface area (Å²) in [5.74, 6) is 5.77. The van der Waals surface area contributed by atoms with E-state index in [1.807, 2.05) is 6.08 Å². The second kappa shape index (κ2) is 10.3. The van der Waals surface area contributed by atoms with Gasteiger partial charge in [0.25, 0.3) is 0 Å². The van der Waals surface area contributed by atoms with Crippen LogP contribution in [0.4, 0.5) is 0 Å². The zero-order chi connectivity index (χ0) is 22.8. The van der Waals surface area contributed by atoms with Crippen molar-refractivity contribution < 1.29 is 5.11 Å². The first-order valence-electron chi connectivity index (χ1n) is 13.9. The minimum Gasteiger partial charge on any atom is -0.393 e. The predicted octanol–water partition coefficient (Wildman–Crippen LogP) is 8.66. The van der Waals surface area contributed by atoms with E-state index in [4.69, 9.17) is 0 Å². The molecule has 180 valence electrons. The molecule has 0 radical (unpaired) electrons. The van der Waals surface area contributed by atoms with Gasteiger partial charge in [-0.3, -0.25) is 0 Å². The second-order valence-corrected chi connectivity index (χ2v) is 13.1. The number of allylic oxidation sites excluding steroid dienone is 1. The van der Waals surface area contributed by atoms with Crippen molar-refractivity contribution >= 4 is 0 Å². The lowest BCUT2D eigenvalue weighted by atomic mass is 9.49. The average Bonchev–Trinajstić information content (AvgIpc) is 3.07. The van der Waals surface area contributed by atoms with E-state index >= 15 is 0 Å². The van der Waals surface area contributed by atoms with Gasteiger partial charge < -0.3 is 5.11 Å². The molecule has 31 heavy (non-hydrogen) atoms. The lowest BCUT2D eigenvalue weighted by Crippen LogP contribution is -2.49. The van der Waals surface area contributed by atoms with Crippen LogP contribution in [0.2, 0.25) is 0 Å². The fourth-order valence-corrected chi connectivity index (χ4v) is 9.09. The summed E-state index contributed by atoms with van der Waals surface area (Å²) in [6.07, 6.45) is 17.8. The van der Waals surface area contributed by atoms with E-state index in [-0.39, 0.29) is 6.10 Å². The van der Waals surface area contributed by atoms with Gasteiger partial charge in [0.1, 0.15) is 0 Å². The fourth-order valence-electron chi connectivity index (χ4n) is 9.09. The Morgan fingerprint density at radius 1 is 1.00 bits per heavy atom.